The zero-order chi connectivity index (χ0) is 19.4. The van der Waals surface area contributed by atoms with E-state index < -0.39 is 10.0 Å². The van der Waals surface area contributed by atoms with E-state index in [0.29, 0.717) is 30.9 Å². The molecule has 27 heavy (non-hydrogen) atoms. The van der Waals surface area contributed by atoms with Crippen molar-refractivity contribution >= 4 is 21.6 Å². The van der Waals surface area contributed by atoms with Gasteiger partial charge in [0, 0.05) is 31.5 Å². The molecule has 1 N–H and O–H groups in total. The normalized spacial score (nSPS) is 15.0. The minimum Gasteiger partial charge on any atom is -0.380 e. The molecule has 6 nitrogen and oxygen atoms in total. The molecule has 1 saturated heterocycles. The van der Waals surface area contributed by atoms with Crippen LogP contribution in [0.3, 0.4) is 0 Å². The lowest BCUT2D eigenvalue weighted by molar-refractivity contribution is 0.102. The van der Waals surface area contributed by atoms with Gasteiger partial charge in [0.25, 0.3) is 5.91 Å². The van der Waals surface area contributed by atoms with Crippen LogP contribution in [-0.4, -0.2) is 38.8 Å². The zero-order valence-electron chi connectivity index (χ0n) is 15.6. The zero-order valence-corrected chi connectivity index (χ0v) is 16.4. The van der Waals surface area contributed by atoms with Gasteiger partial charge in [0.05, 0.1) is 11.5 Å². The largest absolute Gasteiger partial charge is 0.380 e. The van der Waals surface area contributed by atoms with E-state index in [1.807, 2.05) is 18.2 Å². The topological polar surface area (TPSA) is 75.7 Å². The second-order valence-corrected chi connectivity index (χ2v) is 8.61. The fourth-order valence-corrected chi connectivity index (χ4v) is 4.73. The van der Waals surface area contributed by atoms with Crippen molar-refractivity contribution in [2.24, 2.45) is 0 Å². The molecule has 0 unspecified atom stereocenters. The Morgan fingerprint density at radius 3 is 2.59 bits per heavy atom. The molecule has 1 heterocycles. The predicted molar refractivity (Wildman–Crippen MR) is 104 cm³/mol. The highest BCUT2D eigenvalue weighted by Gasteiger charge is 2.28. The van der Waals surface area contributed by atoms with E-state index in [1.165, 1.54) is 10.4 Å². The number of carbonyl (C=O) groups is 1. The highest BCUT2D eigenvalue weighted by molar-refractivity contribution is 7.89. The molecular formula is C20H24N2O4S. The van der Waals surface area contributed by atoms with Crippen LogP contribution in [0.25, 0.3) is 0 Å². The van der Waals surface area contributed by atoms with Crippen molar-refractivity contribution in [1.82, 2.24) is 4.31 Å². The monoisotopic (exact) mass is 388 g/mol. The first kappa shape index (κ1) is 19.5. The number of anilines is 1. The van der Waals surface area contributed by atoms with Crippen molar-refractivity contribution in [2.45, 2.75) is 31.3 Å². The number of hydrogen-bond donors (Lipinski definition) is 1. The second-order valence-electron chi connectivity index (χ2n) is 6.68. The Labute approximate surface area is 160 Å². The van der Waals surface area contributed by atoms with Gasteiger partial charge in [-0.05, 0) is 55.2 Å². The molecule has 0 radical (unpaired) electrons. The quantitative estimate of drug-likeness (QED) is 0.825. The van der Waals surface area contributed by atoms with Gasteiger partial charge < -0.3 is 10.1 Å². The third kappa shape index (κ3) is 4.37. The molecule has 1 aliphatic heterocycles. The van der Waals surface area contributed by atoms with Crippen molar-refractivity contribution in [3.05, 3.63) is 59.2 Å². The summed E-state index contributed by atoms with van der Waals surface area (Å²) in [5.74, 6) is -0.333. The van der Waals surface area contributed by atoms with Gasteiger partial charge in [0.1, 0.15) is 0 Å². The third-order valence-corrected chi connectivity index (χ3v) is 6.55. The van der Waals surface area contributed by atoms with E-state index in [2.05, 4.69) is 5.32 Å². The third-order valence-electron chi connectivity index (χ3n) is 4.65. The first-order valence-corrected chi connectivity index (χ1v) is 10.4. The Morgan fingerprint density at radius 2 is 1.89 bits per heavy atom. The SMILES string of the molecule is COCc1cccc(NC(=O)c2cc(S(=O)(=O)N3CCCC3)ccc2C)c1. The van der Waals surface area contributed by atoms with Crippen LogP contribution in [0.15, 0.2) is 47.4 Å². The summed E-state index contributed by atoms with van der Waals surface area (Å²) in [6.07, 6.45) is 1.74. The summed E-state index contributed by atoms with van der Waals surface area (Å²) >= 11 is 0. The summed E-state index contributed by atoms with van der Waals surface area (Å²) in [5, 5.41) is 2.84. The lowest BCUT2D eigenvalue weighted by atomic mass is 10.1. The van der Waals surface area contributed by atoms with Gasteiger partial charge in [-0.3, -0.25) is 4.79 Å². The van der Waals surface area contributed by atoms with Crippen molar-refractivity contribution in [3.8, 4) is 0 Å². The van der Waals surface area contributed by atoms with Crippen LogP contribution in [0.5, 0.6) is 0 Å². The molecule has 1 amide bonds. The maximum Gasteiger partial charge on any atom is 0.255 e. The number of hydrogen-bond acceptors (Lipinski definition) is 4. The Bertz CT molecular complexity index is 935. The summed E-state index contributed by atoms with van der Waals surface area (Å²) in [7, 11) is -1.95. The lowest BCUT2D eigenvalue weighted by Crippen LogP contribution is -2.28. The number of nitrogens with zero attached hydrogens (tertiary/aromatic N) is 1. The minimum absolute atomic E-state index is 0.160. The smallest absolute Gasteiger partial charge is 0.255 e. The number of rotatable bonds is 6. The fourth-order valence-electron chi connectivity index (χ4n) is 3.19. The van der Waals surface area contributed by atoms with Gasteiger partial charge in [-0.2, -0.15) is 4.31 Å². The van der Waals surface area contributed by atoms with Gasteiger partial charge in [-0.15, -0.1) is 0 Å². The minimum atomic E-state index is -3.56. The van der Waals surface area contributed by atoms with E-state index in [-0.39, 0.29) is 10.8 Å². The van der Waals surface area contributed by atoms with E-state index in [0.717, 1.165) is 24.0 Å². The maximum absolute atomic E-state index is 12.8. The van der Waals surface area contributed by atoms with Gasteiger partial charge >= 0.3 is 0 Å². The summed E-state index contributed by atoms with van der Waals surface area (Å²) in [6.45, 7) is 3.31. The fraction of sp³-hybridized carbons (Fsp3) is 0.350. The number of sulfonamides is 1. The number of amides is 1. The van der Waals surface area contributed by atoms with E-state index in [9.17, 15) is 13.2 Å². The average molecular weight is 388 g/mol. The van der Waals surface area contributed by atoms with Gasteiger partial charge in [-0.1, -0.05) is 18.2 Å². The van der Waals surface area contributed by atoms with Crippen LogP contribution in [0.2, 0.25) is 0 Å². The summed E-state index contributed by atoms with van der Waals surface area (Å²) in [6, 6.07) is 12.1. The van der Waals surface area contributed by atoms with Crippen molar-refractivity contribution < 1.29 is 17.9 Å². The Balaban J connectivity index is 1.85. The number of methoxy groups -OCH3 is 1. The van der Waals surface area contributed by atoms with Crippen molar-refractivity contribution in [1.29, 1.82) is 0 Å². The molecule has 2 aromatic rings. The van der Waals surface area contributed by atoms with E-state index in [4.69, 9.17) is 4.74 Å². The highest BCUT2D eigenvalue weighted by Crippen LogP contribution is 2.24. The summed E-state index contributed by atoms with van der Waals surface area (Å²) < 4.78 is 32.1. The van der Waals surface area contributed by atoms with Crippen LogP contribution in [0, 0.1) is 6.92 Å². The Morgan fingerprint density at radius 1 is 1.15 bits per heavy atom. The predicted octanol–water partition coefficient (Wildman–Crippen LogP) is 3.18. The van der Waals surface area contributed by atoms with Crippen LogP contribution >= 0.6 is 0 Å². The summed E-state index contributed by atoms with van der Waals surface area (Å²) in [4.78, 5) is 12.9. The molecule has 0 bridgehead atoms. The average Bonchev–Trinajstić information content (AvgIpc) is 3.18. The molecule has 2 aromatic carbocycles. The Hall–Kier alpha value is -2.22. The molecule has 0 aromatic heterocycles. The van der Waals surface area contributed by atoms with Gasteiger partial charge in [-0.25, -0.2) is 8.42 Å². The lowest BCUT2D eigenvalue weighted by Gasteiger charge is -2.17. The Kier molecular flexibility index (Phi) is 5.94. The van der Waals surface area contributed by atoms with Crippen molar-refractivity contribution in [3.63, 3.8) is 0 Å². The molecular weight excluding hydrogens is 364 g/mol. The van der Waals surface area contributed by atoms with Gasteiger partial charge in [0.2, 0.25) is 10.0 Å². The van der Waals surface area contributed by atoms with E-state index in [1.54, 1.807) is 32.2 Å². The first-order chi connectivity index (χ1) is 12.9. The number of benzene rings is 2. The van der Waals surface area contributed by atoms with Gasteiger partial charge in [0.15, 0.2) is 0 Å². The number of carbonyl (C=O) groups excluding carboxylic acids is 1. The number of nitrogens with one attached hydrogen (secondary N) is 1. The molecule has 0 aliphatic carbocycles. The molecule has 3 rings (SSSR count). The van der Waals surface area contributed by atoms with Crippen LogP contribution in [0.4, 0.5) is 5.69 Å². The molecule has 0 spiro atoms. The van der Waals surface area contributed by atoms with Crippen molar-refractivity contribution in [2.75, 3.05) is 25.5 Å². The summed E-state index contributed by atoms with van der Waals surface area (Å²) in [5.41, 5.74) is 2.66. The first-order valence-electron chi connectivity index (χ1n) is 8.92. The molecule has 7 heteroatoms. The molecule has 0 saturated carbocycles. The standard InChI is InChI=1S/C20H24N2O4S/c1-15-8-9-18(27(24,25)22-10-3-4-11-22)13-19(15)20(23)21-17-7-5-6-16(12-17)14-26-2/h5-9,12-13H,3-4,10-11,14H2,1-2H3,(H,21,23). The second kappa shape index (κ2) is 8.21. The number of aryl methyl sites for hydroxylation is 1. The highest BCUT2D eigenvalue weighted by atomic mass is 32.2. The maximum atomic E-state index is 12.8. The molecule has 144 valence electrons. The van der Waals surface area contributed by atoms with Crippen LogP contribution in [-0.2, 0) is 21.4 Å². The molecule has 1 aliphatic rings. The molecule has 1 fully saturated rings. The van der Waals surface area contributed by atoms with E-state index >= 15 is 0 Å². The van der Waals surface area contributed by atoms with Crippen LogP contribution < -0.4 is 5.32 Å². The molecule has 0 atom stereocenters. The number of ether oxygens (including phenoxy) is 1. The van der Waals surface area contributed by atoms with Crippen LogP contribution in [0.1, 0.15) is 34.3 Å².